The summed E-state index contributed by atoms with van der Waals surface area (Å²) in [6.45, 7) is 5.59. The van der Waals surface area contributed by atoms with E-state index >= 15 is 0 Å². The molecule has 1 aliphatic rings. The van der Waals surface area contributed by atoms with Gasteiger partial charge >= 0.3 is 0 Å². The molecule has 130 valence electrons. The van der Waals surface area contributed by atoms with Crippen molar-refractivity contribution in [1.29, 1.82) is 0 Å². The molecule has 0 saturated heterocycles. The van der Waals surface area contributed by atoms with Crippen molar-refractivity contribution in [3.05, 3.63) is 48.0 Å². The van der Waals surface area contributed by atoms with Crippen molar-refractivity contribution in [2.24, 2.45) is 0 Å². The number of ether oxygens (including phenoxy) is 1. The minimum absolute atomic E-state index is 0.0954. The van der Waals surface area contributed by atoms with Crippen LogP contribution in [-0.4, -0.2) is 23.2 Å². The van der Waals surface area contributed by atoms with Gasteiger partial charge in [-0.2, -0.15) is 0 Å². The van der Waals surface area contributed by atoms with Crippen LogP contribution in [0.4, 0.5) is 11.4 Å². The Morgan fingerprint density at radius 1 is 1.24 bits per heavy atom. The van der Waals surface area contributed by atoms with Crippen LogP contribution in [0.25, 0.3) is 0 Å². The van der Waals surface area contributed by atoms with Gasteiger partial charge in [-0.15, -0.1) is 11.8 Å². The quantitative estimate of drug-likeness (QED) is 0.817. The standard InChI is InChI=1S/C19H20N2O3S/c1-11-4-7-15(8-5-11)25-13(3)19(23)20-14-6-9-17-16(10-14)21-18(22)12(2)24-17/h4-10,12-13H,1-3H3,(H,20,23)(H,21,22)/t12-,13-/m0/s1. The van der Waals surface area contributed by atoms with E-state index in [-0.39, 0.29) is 17.1 Å². The van der Waals surface area contributed by atoms with Crippen molar-refractivity contribution in [3.8, 4) is 5.75 Å². The van der Waals surface area contributed by atoms with E-state index in [1.807, 2.05) is 38.1 Å². The minimum atomic E-state index is -0.515. The number of aryl methyl sites for hydroxylation is 1. The lowest BCUT2D eigenvalue weighted by atomic mass is 10.2. The first-order valence-corrected chi connectivity index (χ1v) is 8.96. The van der Waals surface area contributed by atoms with Gasteiger partial charge in [-0.05, 0) is 51.1 Å². The number of fused-ring (bicyclic) bond motifs is 1. The Morgan fingerprint density at radius 3 is 2.68 bits per heavy atom. The van der Waals surface area contributed by atoms with Crippen LogP contribution in [0.3, 0.4) is 0 Å². The second-order valence-electron chi connectivity index (χ2n) is 6.02. The lowest BCUT2D eigenvalue weighted by molar-refractivity contribution is -0.122. The zero-order valence-corrected chi connectivity index (χ0v) is 15.1. The zero-order valence-electron chi connectivity index (χ0n) is 14.3. The third kappa shape index (κ3) is 4.14. The van der Waals surface area contributed by atoms with E-state index in [9.17, 15) is 9.59 Å². The first-order chi connectivity index (χ1) is 11.9. The fraction of sp³-hybridized carbons (Fsp3) is 0.263. The third-order valence-corrected chi connectivity index (χ3v) is 4.99. The molecule has 0 unspecified atom stereocenters. The van der Waals surface area contributed by atoms with Crippen molar-refractivity contribution < 1.29 is 14.3 Å². The van der Waals surface area contributed by atoms with E-state index in [0.29, 0.717) is 17.1 Å². The molecule has 0 spiro atoms. The summed E-state index contributed by atoms with van der Waals surface area (Å²) in [7, 11) is 0. The summed E-state index contributed by atoms with van der Waals surface area (Å²) in [5.74, 6) is 0.313. The molecule has 25 heavy (non-hydrogen) atoms. The van der Waals surface area contributed by atoms with Crippen LogP contribution in [0, 0.1) is 6.92 Å². The number of nitrogens with one attached hydrogen (secondary N) is 2. The van der Waals surface area contributed by atoms with Crippen LogP contribution in [-0.2, 0) is 9.59 Å². The molecular formula is C19H20N2O3S. The van der Waals surface area contributed by atoms with Crippen molar-refractivity contribution in [2.45, 2.75) is 37.0 Å². The van der Waals surface area contributed by atoms with Gasteiger partial charge in [-0.25, -0.2) is 0 Å². The first kappa shape index (κ1) is 17.4. The predicted molar refractivity (Wildman–Crippen MR) is 100 cm³/mol. The highest BCUT2D eigenvalue weighted by atomic mass is 32.2. The molecule has 0 radical (unpaired) electrons. The lowest BCUT2D eigenvalue weighted by Crippen LogP contribution is -2.34. The predicted octanol–water partition coefficient (Wildman–Crippen LogP) is 3.83. The monoisotopic (exact) mass is 356 g/mol. The molecule has 6 heteroatoms. The van der Waals surface area contributed by atoms with E-state index in [2.05, 4.69) is 10.6 Å². The summed E-state index contributed by atoms with van der Waals surface area (Å²) >= 11 is 1.50. The van der Waals surface area contributed by atoms with Crippen molar-refractivity contribution in [2.75, 3.05) is 10.6 Å². The highest BCUT2D eigenvalue weighted by Crippen LogP contribution is 2.32. The van der Waals surface area contributed by atoms with Gasteiger partial charge < -0.3 is 15.4 Å². The fourth-order valence-corrected chi connectivity index (χ4v) is 3.27. The van der Waals surface area contributed by atoms with Gasteiger partial charge in [-0.1, -0.05) is 17.7 Å². The molecule has 1 heterocycles. The molecule has 0 bridgehead atoms. The Morgan fingerprint density at radius 2 is 1.96 bits per heavy atom. The molecule has 0 fully saturated rings. The van der Waals surface area contributed by atoms with E-state index in [1.54, 1.807) is 25.1 Å². The molecule has 0 saturated carbocycles. The van der Waals surface area contributed by atoms with Gasteiger partial charge in [0.1, 0.15) is 5.75 Å². The SMILES string of the molecule is Cc1ccc(S[C@@H](C)C(=O)Nc2ccc3c(c2)NC(=O)[C@H](C)O3)cc1. The number of carbonyl (C=O) groups is 2. The van der Waals surface area contributed by atoms with Crippen LogP contribution in [0.2, 0.25) is 0 Å². The van der Waals surface area contributed by atoms with E-state index in [0.717, 1.165) is 4.90 Å². The molecule has 3 rings (SSSR count). The Hall–Kier alpha value is -2.47. The smallest absolute Gasteiger partial charge is 0.265 e. The molecule has 2 N–H and O–H groups in total. The molecule has 1 aliphatic heterocycles. The molecule has 0 aromatic heterocycles. The second kappa shape index (κ2) is 7.19. The Balaban J connectivity index is 1.65. The summed E-state index contributed by atoms with van der Waals surface area (Å²) in [4.78, 5) is 25.2. The summed E-state index contributed by atoms with van der Waals surface area (Å²) in [6, 6.07) is 13.3. The van der Waals surface area contributed by atoms with Gasteiger partial charge in [0, 0.05) is 10.6 Å². The molecule has 2 atom stereocenters. The highest BCUT2D eigenvalue weighted by Gasteiger charge is 2.24. The maximum Gasteiger partial charge on any atom is 0.265 e. The summed E-state index contributed by atoms with van der Waals surface area (Å²) in [6.07, 6.45) is -0.515. The van der Waals surface area contributed by atoms with Gasteiger partial charge in [0.25, 0.3) is 5.91 Å². The third-order valence-electron chi connectivity index (χ3n) is 3.88. The normalized spacial score (nSPS) is 17.1. The molecule has 2 aromatic carbocycles. The minimum Gasteiger partial charge on any atom is -0.479 e. The molecule has 2 aromatic rings. The van der Waals surface area contributed by atoms with Crippen LogP contribution >= 0.6 is 11.8 Å². The number of amides is 2. The molecule has 5 nitrogen and oxygen atoms in total. The number of anilines is 2. The zero-order chi connectivity index (χ0) is 18.0. The molecule has 0 aliphatic carbocycles. The van der Waals surface area contributed by atoms with Gasteiger partial charge in [-0.3, -0.25) is 9.59 Å². The average Bonchev–Trinajstić information content (AvgIpc) is 2.58. The van der Waals surface area contributed by atoms with Crippen LogP contribution < -0.4 is 15.4 Å². The second-order valence-corrected chi connectivity index (χ2v) is 7.44. The van der Waals surface area contributed by atoms with Crippen molar-refractivity contribution in [3.63, 3.8) is 0 Å². The largest absolute Gasteiger partial charge is 0.479 e. The summed E-state index contributed by atoms with van der Waals surface area (Å²) in [5.41, 5.74) is 2.38. The van der Waals surface area contributed by atoms with Gasteiger partial charge in [0.15, 0.2) is 6.10 Å². The van der Waals surface area contributed by atoms with Crippen molar-refractivity contribution >= 4 is 35.0 Å². The Kier molecular flexibility index (Phi) is 4.99. The maximum absolute atomic E-state index is 12.4. The van der Waals surface area contributed by atoms with Crippen LogP contribution in [0.5, 0.6) is 5.75 Å². The number of benzene rings is 2. The lowest BCUT2D eigenvalue weighted by Gasteiger charge is -2.23. The average molecular weight is 356 g/mol. The summed E-state index contributed by atoms with van der Waals surface area (Å²) in [5, 5.41) is 5.41. The topological polar surface area (TPSA) is 67.4 Å². The van der Waals surface area contributed by atoms with Gasteiger partial charge in [0.2, 0.25) is 5.91 Å². The molecule has 2 amide bonds. The Labute approximate surface area is 151 Å². The number of carbonyl (C=O) groups excluding carboxylic acids is 2. The van der Waals surface area contributed by atoms with E-state index in [1.165, 1.54) is 17.3 Å². The number of rotatable bonds is 4. The number of hydrogen-bond donors (Lipinski definition) is 2. The van der Waals surface area contributed by atoms with Crippen molar-refractivity contribution in [1.82, 2.24) is 0 Å². The van der Waals surface area contributed by atoms with Crippen LogP contribution in [0.15, 0.2) is 47.4 Å². The summed E-state index contributed by atoms with van der Waals surface area (Å²) < 4.78 is 5.51. The fourth-order valence-electron chi connectivity index (χ4n) is 2.40. The number of thioether (sulfide) groups is 1. The van der Waals surface area contributed by atoms with Crippen LogP contribution in [0.1, 0.15) is 19.4 Å². The van der Waals surface area contributed by atoms with Gasteiger partial charge in [0.05, 0.1) is 10.9 Å². The van der Waals surface area contributed by atoms with E-state index in [4.69, 9.17) is 4.74 Å². The van der Waals surface area contributed by atoms with E-state index < -0.39 is 6.10 Å². The molecular weight excluding hydrogens is 336 g/mol. The Bertz CT molecular complexity index is 805. The maximum atomic E-state index is 12.4. The first-order valence-electron chi connectivity index (χ1n) is 8.08. The number of hydrogen-bond acceptors (Lipinski definition) is 4. The highest BCUT2D eigenvalue weighted by molar-refractivity contribution is 8.00.